The summed E-state index contributed by atoms with van der Waals surface area (Å²) in [5.74, 6) is -0.0854. The minimum atomic E-state index is -0.713. The van der Waals surface area contributed by atoms with Crippen molar-refractivity contribution in [2.75, 3.05) is 46.8 Å². The molecule has 250 valence electrons. The van der Waals surface area contributed by atoms with Crippen molar-refractivity contribution < 1.29 is 28.5 Å². The van der Waals surface area contributed by atoms with E-state index < -0.39 is 5.54 Å². The van der Waals surface area contributed by atoms with Crippen molar-refractivity contribution in [1.29, 1.82) is 0 Å². The molecule has 0 radical (unpaired) electrons. The fourth-order valence-corrected chi connectivity index (χ4v) is 4.25. The molecule has 1 N–H and O–H groups in total. The number of carbonyl (C=O) groups is 2. The van der Waals surface area contributed by atoms with E-state index in [1.54, 1.807) is 0 Å². The van der Waals surface area contributed by atoms with Crippen LogP contribution in [0.3, 0.4) is 0 Å². The van der Waals surface area contributed by atoms with Crippen LogP contribution >= 0.6 is 0 Å². The quantitative estimate of drug-likeness (QED) is 0.0888. The van der Waals surface area contributed by atoms with Gasteiger partial charge in [0.25, 0.3) is 0 Å². The Morgan fingerprint density at radius 2 is 0.857 bits per heavy atom. The predicted molar refractivity (Wildman–Crippen MR) is 174 cm³/mol. The van der Waals surface area contributed by atoms with Crippen LogP contribution in [0.25, 0.3) is 0 Å². The number of nitrogens with one attached hydrogen (secondary N) is 1. The Bertz CT molecular complexity index is 647. The summed E-state index contributed by atoms with van der Waals surface area (Å²) in [4.78, 5) is 24.4. The highest BCUT2D eigenvalue weighted by atomic mass is 16.5. The van der Waals surface area contributed by atoms with Crippen molar-refractivity contribution in [2.24, 2.45) is 16.2 Å². The maximum Gasteiger partial charge on any atom is 0.305 e. The molecule has 0 aromatic rings. The molecule has 7 heteroatoms. The van der Waals surface area contributed by atoms with Gasteiger partial charge in [0.15, 0.2) is 0 Å². The standard InChI is InChI=1S/C35H69NO6/c1-32(2,3)21-24-40-27-35(28-41-25-22-33(4,5)6,29-42-26-23-34(7,8)9)36-30(37)19-17-15-13-11-12-14-16-18-20-31(38)39-10/h11-29H2,1-10H3,(H,36,37). The SMILES string of the molecule is COC(=O)CCCCCCCCCCC(=O)NC(COCCC(C)(C)C)(COCCC(C)(C)C)COCCC(C)(C)C. The lowest BCUT2D eigenvalue weighted by molar-refractivity contribution is -0.140. The van der Waals surface area contributed by atoms with Gasteiger partial charge in [-0.05, 0) is 48.3 Å². The van der Waals surface area contributed by atoms with Crippen molar-refractivity contribution in [3.8, 4) is 0 Å². The van der Waals surface area contributed by atoms with E-state index >= 15 is 0 Å². The van der Waals surface area contributed by atoms with Gasteiger partial charge in [-0.25, -0.2) is 0 Å². The first-order chi connectivity index (χ1) is 19.5. The van der Waals surface area contributed by atoms with Gasteiger partial charge in [-0.3, -0.25) is 9.59 Å². The van der Waals surface area contributed by atoms with Crippen molar-refractivity contribution in [1.82, 2.24) is 5.32 Å². The Morgan fingerprint density at radius 1 is 0.524 bits per heavy atom. The number of carbonyl (C=O) groups excluding carboxylic acids is 2. The van der Waals surface area contributed by atoms with Crippen LogP contribution in [0.4, 0.5) is 0 Å². The summed E-state index contributed by atoms with van der Waals surface area (Å²) in [7, 11) is 1.44. The van der Waals surface area contributed by atoms with Crippen LogP contribution in [0, 0.1) is 16.2 Å². The number of hydrogen-bond acceptors (Lipinski definition) is 6. The first kappa shape index (κ1) is 40.8. The molecule has 0 spiro atoms. The number of ether oxygens (including phenoxy) is 4. The largest absolute Gasteiger partial charge is 0.469 e. The fourth-order valence-electron chi connectivity index (χ4n) is 4.25. The molecule has 0 rings (SSSR count). The molecule has 0 atom stereocenters. The minimum absolute atomic E-state index is 0.0380. The van der Waals surface area contributed by atoms with Crippen LogP contribution in [-0.2, 0) is 28.5 Å². The van der Waals surface area contributed by atoms with Gasteiger partial charge in [-0.15, -0.1) is 0 Å². The second kappa shape index (κ2) is 21.5. The molecule has 0 aliphatic carbocycles. The van der Waals surface area contributed by atoms with Crippen LogP contribution in [-0.4, -0.2) is 64.2 Å². The minimum Gasteiger partial charge on any atom is -0.469 e. The second-order valence-corrected chi connectivity index (χ2v) is 15.8. The number of unbranched alkanes of at least 4 members (excludes halogenated alkanes) is 7. The Hall–Kier alpha value is -1.18. The normalized spacial score (nSPS) is 12.9. The molecular formula is C35H69NO6. The highest BCUT2D eigenvalue weighted by Crippen LogP contribution is 2.22. The Labute approximate surface area is 259 Å². The zero-order valence-electron chi connectivity index (χ0n) is 29.4. The van der Waals surface area contributed by atoms with Crippen LogP contribution in [0.2, 0.25) is 0 Å². The molecule has 0 saturated heterocycles. The van der Waals surface area contributed by atoms with Crippen molar-refractivity contribution in [3.63, 3.8) is 0 Å². The first-order valence-corrected chi connectivity index (χ1v) is 16.6. The van der Waals surface area contributed by atoms with Gasteiger partial charge in [0, 0.05) is 32.7 Å². The summed E-state index contributed by atoms with van der Waals surface area (Å²) in [5.41, 5.74) is -0.168. The average molecular weight is 600 g/mol. The molecule has 0 unspecified atom stereocenters. The highest BCUT2D eigenvalue weighted by molar-refractivity contribution is 5.76. The summed E-state index contributed by atoms with van der Waals surface area (Å²) in [6.45, 7) is 22.9. The lowest BCUT2D eigenvalue weighted by Crippen LogP contribution is -2.58. The van der Waals surface area contributed by atoms with Crippen LogP contribution in [0.5, 0.6) is 0 Å². The van der Waals surface area contributed by atoms with E-state index in [1.165, 1.54) is 13.5 Å². The maximum atomic E-state index is 13.2. The highest BCUT2D eigenvalue weighted by Gasteiger charge is 2.34. The zero-order valence-corrected chi connectivity index (χ0v) is 29.4. The summed E-state index contributed by atoms with van der Waals surface area (Å²) in [6, 6.07) is 0. The first-order valence-electron chi connectivity index (χ1n) is 16.6. The summed E-state index contributed by atoms with van der Waals surface area (Å²) in [6.07, 6.45) is 12.3. The average Bonchev–Trinajstić information content (AvgIpc) is 2.86. The number of hydrogen-bond donors (Lipinski definition) is 1. The van der Waals surface area contributed by atoms with Crippen molar-refractivity contribution >= 4 is 11.9 Å². The van der Waals surface area contributed by atoms with E-state index in [2.05, 4.69) is 72.4 Å². The second-order valence-electron chi connectivity index (χ2n) is 15.8. The Kier molecular flexibility index (Phi) is 20.9. The van der Waals surface area contributed by atoms with Gasteiger partial charge in [0.05, 0.1) is 26.9 Å². The third-order valence-electron chi connectivity index (χ3n) is 7.29. The Morgan fingerprint density at radius 3 is 1.19 bits per heavy atom. The number of amides is 1. The lowest BCUT2D eigenvalue weighted by atomic mass is 9.92. The van der Waals surface area contributed by atoms with E-state index in [9.17, 15) is 9.59 Å². The van der Waals surface area contributed by atoms with E-state index in [-0.39, 0.29) is 28.1 Å². The number of methoxy groups -OCH3 is 1. The number of rotatable bonds is 24. The zero-order chi connectivity index (χ0) is 32.1. The van der Waals surface area contributed by atoms with Crippen LogP contribution in [0.15, 0.2) is 0 Å². The van der Waals surface area contributed by atoms with Crippen LogP contribution < -0.4 is 5.32 Å². The fraction of sp³-hybridized carbons (Fsp3) is 0.943. The number of esters is 1. The predicted octanol–water partition coefficient (Wildman–Crippen LogP) is 8.27. The topological polar surface area (TPSA) is 83.1 Å². The van der Waals surface area contributed by atoms with Crippen molar-refractivity contribution in [2.45, 2.75) is 151 Å². The summed E-state index contributed by atoms with van der Waals surface area (Å²) >= 11 is 0. The third-order valence-corrected chi connectivity index (χ3v) is 7.29. The molecule has 1 amide bonds. The molecule has 7 nitrogen and oxygen atoms in total. The van der Waals surface area contributed by atoms with Gasteiger partial charge < -0.3 is 24.3 Å². The summed E-state index contributed by atoms with van der Waals surface area (Å²) in [5, 5.41) is 3.31. The van der Waals surface area contributed by atoms with E-state index in [4.69, 9.17) is 14.2 Å². The maximum absolute atomic E-state index is 13.2. The molecule has 42 heavy (non-hydrogen) atoms. The van der Waals surface area contributed by atoms with Gasteiger partial charge in [0.1, 0.15) is 5.54 Å². The molecule has 0 aliphatic heterocycles. The summed E-state index contributed by atoms with van der Waals surface area (Å²) < 4.78 is 23.3. The van der Waals surface area contributed by atoms with Gasteiger partial charge in [0.2, 0.25) is 5.91 Å². The van der Waals surface area contributed by atoms with E-state index in [0.29, 0.717) is 52.5 Å². The van der Waals surface area contributed by atoms with Gasteiger partial charge >= 0.3 is 5.97 Å². The van der Waals surface area contributed by atoms with Gasteiger partial charge in [-0.2, -0.15) is 0 Å². The molecular weight excluding hydrogens is 530 g/mol. The molecule has 0 aromatic heterocycles. The van der Waals surface area contributed by atoms with E-state index in [0.717, 1.165) is 64.2 Å². The van der Waals surface area contributed by atoms with Gasteiger partial charge in [-0.1, -0.05) is 101 Å². The molecule has 0 saturated carbocycles. The molecule has 0 heterocycles. The smallest absolute Gasteiger partial charge is 0.305 e. The van der Waals surface area contributed by atoms with Crippen molar-refractivity contribution in [3.05, 3.63) is 0 Å². The molecule has 0 aromatic carbocycles. The van der Waals surface area contributed by atoms with Crippen LogP contribution in [0.1, 0.15) is 146 Å². The molecule has 0 bridgehead atoms. The Balaban J connectivity index is 4.97. The molecule has 0 aliphatic rings. The van der Waals surface area contributed by atoms with E-state index in [1.807, 2.05) is 0 Å². The monoisotopic (exact) mass is 600 g/mol. The third kappa shape index (κ3) is 26.4. The molecule has 0 fully saturated rings. The lowest BCUT2D eigenvalue weighted by Gasteiger charge is -2.35.